The van der Waals surface area contributed by atoms with Crippen molar-refractivity contribution >= 4 is 23.8 Å². The molecular formula is C31H35F3N4O3. The highest BCUT2D eigenvalue weighted by molar-refractivity contribution is 6.00. The summed E-state index contributed by atoms with van der Waals surface area (Å²) in [4.78, 5) is 33.0. The second-order valence-corrected chi connectivity index (χ2v) is 11.8. The molecule has 41 heavy (non-hydrogen) atoms. The molecule has 0 unspecified atom stereocenters. The molecule has 2 aromatic rings. The number of amides is 2. The number of aliphatic imine (C=N–C) groups is 1. The summed E-state index contributed by atoms with van der Waals surface area (Å²) in [5.74, 6) is -0.384. The predicted molar refractivity (Wildman–Crippen MR) is 150 cm³/mol. The Morgan fingerprint density at radius 2 is 1.93 bits per heavy atom. The maximum Gasteiger partial charge on any atom is 0.416 e. The van der Waals surface area contributed by atoms with Crippen molar-refractivity contribution in [1.82, 2.24) is 10.2 Å². The summed E-state index contributed by atoms with van der Waals surface area (Å²) in [6.07, 6.45) is 1.61. The number of benzene rings is 2. The van der Waals surface area contributed by atoms with Gasteiger partial charge >= 0.3 is 6.18 Å². The van der Waals surface area contributed by atoms with Gasteiger partial charge in [-0.2, -0.15) is 13.2 Å². The third-order valence-electron chi connectivity index (χ3n) is 8.30. The van der Waals surface area contributed by atoms with Crippen LogP contribution in [0.15, 0.2) is 47.5 Å². The minimum absolute atomic E-state index is 0.0335. The summed E-state index contributed by atoms with van der Waals surface area (Å²) >= 11 is 0. The van der Waals surface area contributed by atoms with Gasteiger partial charge in [0.05, 0.1) is 29.6 Å². The zero-order valence-electron chi connectivity index (χ0n) is 23.6. The summed E-state index contributed by atoms with van der Waals surface area (Å²) in [5, 5.41) is 2.95. The average Bonchev–Trinajstić information content (AvgIpc) is 2.89. The molecule has 7 nitrogen and oxygen atoms in total. The lowest BCUT2D eigenvalue weighted by atomic mass is 9.85. The molecule has 10 heteroatoms. The summed E-state index contributed by atoms with van der Waals surface area (Å²) in [6.45, 7) is 7.35. The van der Waals surface area contributed by atoms with Gasteiger partial charge in [-0.1, -0.05) is 25.1 Å². The molecule has 2 amide bonds. The molecule has 3 N–H and O–H groups in total. The first kappa shape index (κ1) is 28.7. The van der Waals surface area contributed by atoms with Crippen LogP contribution in [0.2, 0.25) is 0 Å². The second kappa shape index (κ2) is 10.2. The SMILES string of the molecule is CC[C@@]12CC/C=C/c3ccc4c(c3)[C@H](CC(C)(C)O4)NC(=O)c3cc(cc(C(F)(F)F)c3)[C@@H](C)N(C(=O)C1)C(N)=N2. The van der Waals surface area contributed by atoms with Gasteiger partial charge in [-0.15, -0.1) is 0 Å². The number of rotatable bonds is 1. The second-order valence-electron chi connectivity index (χ2n) is 11.8. The fourth-order valence-corrected chi connectivity index (χ4v) is 6.03. The van der Waals surface area contributed by atoms with E-state index in [1.165, 1.54) is 11.0 Å². The highest BCUT2D eigenvalue weighted by Crippen LogP contribution is 2.41. The van der Waals surface area contributed by atoms with Crippen LogP contribution in [0.3, 0.4) is 0 Å². The lowest BCUT2D eigenvalue weighted by Crippen LogP contribution is -2.52. The molecule has 4 aliphatic heterocycles. The van der Waals surface area contributed by atoms with Gasteiger partial charge in [0.15, 0.2) is 5.96 Å². The Morgan fingerprint density at radius 3 is 2.61 bits per heavy atom. The lowest BCUT2D eigenvalue weighted by Gasteiger charge is -2.39. The molecule has 4 aliphatic rings. The van der Waals surface area contributed by atoms with E-state index >= 15 is 0 Å². The molecule has 6 bridgehead atoms. The van der Waals surface area contributed by atoms with Crippen molar-refractivity contribution < 1.29 is 27.5 Å². The zero-order valence-corrected chi connectivity index (χ0v) is 23.6. The Labute approximate surface area is 237 Å². The van der Waals surface area contributed by atoms with Gasteiger partial charge in [0.2, 0.25) is 5.91 Å². The van der Waals surface area contributed by atoms with Gasteiger partial charge < -0.3 is 15.8 Å². The van der Waals surface area contributed by atoms with E-state index in [1.54, 1.807) is 6.92 Å². The minimum atomic E-state index is -4.71. The van der Waals surface area contributed by atoms with Crippen LogP contribution < -0.4 is 15.8 Å². The number of fused-ring (bicyclic) bond motifs is 4. The molecular weight excluding hydrogens is 533 g/mol. The van der Waals surface area contributed by atoms with Gasteiger partial charge in [0, 0.05) is 17.5 Å². The number of carbonyl (C=O) groups excluding carboxylic acids is 2. The monoisotopic (exact) mass is 568 g/mol. The number of nitrogens with two attached hydrogens (primary N) is 1. The predicted octanol–water partition coefficient (Wildman–Crippen LogP) is 6.30. The van der Waals surface area contributed by atoms with E-state index in [9.17, 15) is 22.8 Å². The van der Waals surface area contributed by atoms with E-state index < -0.39 is 40.9 Å². The molecule has 0 spiro atoms. The average molecular weight is 569 g/mol. The van der Waals surface area contributed by atoms with Crippen LogP contribution in [0, 0.1) is 0 Å². The molecule has 0 aromatic heterocycles. The van der Waals surface area contributed by atoms with E-state index in [0.717, 1.165) is 23.3 Å². The maximum atomic E-state index is 14.0. The molecule has 0 fully saturated rings. The first-order valence-corrected chi connectivity index (χ1v) is 13.9. The molecule has 0 saturated carbocycles. The van der Waals surface area contributed by atoms with Crippen molar-refractivity contribution in [3.63, 3.8) is 0 Å². The van der Waals surface area contributed by atoms with Gasteiger partial charge in [-0.3, -0.25) is 14.5 Å². The Morgan fingerprint density at radius 1 is 1.17 bits per heavy atom. The molecule has 2 aromatic carbocycles. The van der Waals surface area contributed by atoms with E-state index in [4.69, 9.17) is 15.5 Å². The molecule has 3 atom stereocenters. The number of hydrogen-bond donors (Lipinski definition) is 2. The van der Waals surface area contributed by atoms with E-state index in [-0.39, 0.29) is 29.4 Å². The Bertz CT molecular complexity index is 1450. The summed E-state index contributed by atoms with van der Waals surface area (Å²) in [7, 11) is 0. The fraction of sp³-hybridized carbons (Fsp3) is 0.452. The number of halogens is 3. The summed E-state index contributed by atoms with van der Waals surface area (Å²) in [6, 6.07) is 7.54. The molecule has 0 radical (unpaired) electrons. The smallest absolute Gasteiger partial charge is 0.416 e. The fourth-order valence-electron chi connectivity index (χ4n) is 6.03. The lowest BCUT2D eigenvalue weighted by molar-refractivity contribution is -0.137. The Kier molecular flexibility index (Phi) is 7.16. The summed E-state index contributed by atoms with van der Waals surface area (Å²) in [5.41, 5.74) is 5.66. The molecule has 0 aliphatic carbocycles. The van der Waals surface area contributed by atoms with Crippen LogP contribution in [0.1, 0.15) is 104 Å². The number of allylic oxidation sites excluding steroid dienone is 1. The molecule has 6 rings (SSSR count). The first-order valence-electron chi connectivity index (χ1n) is 13.9. The Hall–Kier alpha value is -3.82. The molecule has 218 valence electrons. The van der Waals surface area contributed by atoms with E-state index in [1.807, 2.05) is 51.1 Å². The van der Waals surface area contributed by atoms with Crippen LogP contribution in [0.4, 0.5) is 13.2 Å². The molecule has 4 heterocycles. The van der Waals surface area contributed by atoms with Gasteiger partial charge in [0.1, 0.15) is 11.4 Å². The van der Waals surface area contributed by atoms with E-state index in [0.29, 0.717) is 31.4 Å². The Balaban J connectivity index is 1.66. The number of alkyl halides is 3. The minimum Gasteiger partial charge on any atom is -0.487 e. The van der Waals surface area contributed by atoms with Crippen molar-refractivity contribution in [2.45, 2.75) is 89.2 Å². The number of hydrogen-bond acceptors (Lipinski definition) is 5. The van der Waals surface area contributed by atoms with Crippen molar-refractivity contribution in [1.29, 1.82) is 0 Å². The third kappa shape index (κ3) is 5.69. The number of nitrogens with zero attached hydrogens (tertiary/aromatic N) is 2. The van der Waals surface area contributed by atoms with E-state index in [2.05, 4.69) is 5.32 Å². The zero-order chi connectivity index (χ0) is 29.7. The van der Waals surface area contributed by atoms with Crippen LogP contribution in [0.25, 0.3) is 6.08 Å². The largest absolute Gasteiger partial charge is 0.487 e. The van der Waals surface area contributed by atoms with Crippen LogP contribution >= 0.6 is 0 Å². The van der Waals surface area contributed by atoms with Crippen LogP contribution in [-0.2, 0) is 11.0 Å². The van der Waals surface area contributed by atoms with Crippen molar-refractivity contribution in [2.24, 2.45) is 10.7 Å². The topological polar surface area (TPSA) is 97.0 Å². The van der Waals surface area contributed by atoms with Crippen molar-refractivity contribution in [3.8, 4) is 5.75 Å². The number of guanidine groups is 1. The first-order chi connectivity index (χ1) is 19.2. The molecule has 0 saturated heterocycles. The number of ether oxygens (including phenoxy) is 1. The van der Waals surface area contributed by atoms with Crippen molar-refractivity contribution in [2.75, 3.05) is 0 Å². The van der Waals surface area contributed by atoms with Gasteiger partial charge in [-0.05, 0) is 81.5 Å². The number of carbonyl (C=O) groups is 2. The number of nitrogens with one attached hydrogen (secondary N) is 1. The van der Waals surface area contributed by atoms with Crippen molar-refractivity contribution in [3.05, 3.63) is 70.3 Å². The van der Waals surface area contributed by atoms with Gasteiger partial charge in [-0.25, -0.2) is 4.99 Å². The third-order valence-corrected chi connectivity index (χ3v) is 8.30. The highest BCUT2D eigenvalue weighted by Gasteiger charge is 2.41. The summed E-state index contributed by atoms with van der Waals surface area (Å²) < 4.78 is 48.2. The van der Waals surface area contributed by atoms with Gasteiger partial charge in [0.25, 0.3) is 5.91 Å². The van der Waals surface area contributed by atoms with Crippen LogP contribution in [0.5, 0.6) is 5.75 Å². The van der Waals surface area contributed by atoms with Crippen LogP contribution in [-0.4, -0.2) is 33.8 Å². The normalized spacial score (nSPS) is 26.8. The highest BCUT2D eigenvalue weighted by atomic mass is 19.4. The standard InChI is InChI=1S/C31H35F3N4O3/c1-5-30-11-7-6-8-19-9-10-25-23(12-19)24(16-29(3,4)41-25)36-27(40)21-13-20(14-22(15-21)31(32,33)34)18(2)38(26(39)17-30)28(35)37-30/h6,8-10,12-15,18,24H,5,7,11,16-17H2,1-4H3,(H2,35,37)(H,36,40)/b8-6+/t18-,24+,30-/m1/s1. The quantitative estimate of drug-likeness (QED) is 0.422. The maximum absolute atomic E-state index is 14.0.